The maximum Gasteiger partial charge on any atom is 2.00 e. The molecule has 2 aromatic rings. The molecule has 0 saturated carbocycles. The summed E-state index contributed by atoms with van der Waals surface area (Å²) in [6.45, 7) is 23.5. The Balaban J connectivity index is 0. The topological polar surface area (TPSA) is 36.4 Å². The van der Waals surface area contributed by atoms with Crippen LogP contribution in [0, 0.1) is 13.8 Å². The van der Waals surface area contributed by atoms with Crippen molar-refractivity contribution in [2.45, 2.75) is 447 Å². The zero-order valence-corrected chi connectivity index (χ0v) is 63.0. The van der Waals surface area contributed by atoms with Crippen LogP contribution in [0.3, 0.4) is 0 Å². The van der Waals surface area contributed by atoms with Gasteiger partial charge >= 0.3 is 22.4 Å². The summed E-state index contributed by atoms with van der Waals surface area (Å²) >= 11 is 0. The Kier molecular flexibility index (Phi) is 74.1. The fraction of sp³-hybridized carbons (Fsp3) is 0.793. The molecular weight excluding hydrogens is 1130 g/mol. The van der Waals surface area contributed by atoms with Crippen molar-refractivity contribution >= 4 is 11.4 Å². The molecule has 0 atom stereocenters. The van der Waals surface area contributed by atoms with Crippen molar-refractivity contribution < 1.29 is 21.3 Å². The van der Waals surface area contributed by atoms with Crippen molar-refractivity contribution in [1.82, 2.24) is 0 Å². The van der Waals surface area contributed by atoms with E-state index in [0.717, 1.165) is 44.1 Å². The molecule has 0 aliphatic rings. The Labute approximate surface area is 576 Å². The third kappa shape index (κ3) is 60.8. The first kappa shape index (κ1) is 89.9. The third-order valence-corrected chi connectivity index (χ3v) is 18.8. The van der Waals surface area contributed by atoms with Crippen molar-refractivity contribution in [1.29, 1.82) is 0 Å². The van der Waals surface area contributed by atoms with E-state index in [1.54, 1.807) is 0 Å². The second-order valence-electron chi connectivity index (χ2n) is 27.9. The van der Waals surface area contributed by atoms with Gasteiger partial charge in [-0.3, -0.25) is 0 Å². The normalized spacial score (nSPS) is 11.2. The standard InChI is InChI=1S/C37H54N2.2C25H51.Ni/c1-6-10-14-16-20-33-24-34(21-17-15-11-7-2)28-36(27-33)37(22-30(5)29-39-38)35-25-31(18-12-8-3)23-32(26-35)19-13-9-4;2*1-3-5-7-9-11-13-15-17-19-21-23-25-24-22-20-18-16-14-12-10-8-6-4-2;/h22-28H,6-21H2,1-5H3;2*1,3-25H2,2H3;/q;2*-1;+2. The molecule has 524 valence electrons. The summed E-state index contributed by atoms with van der Waals surface area (Å²) in [6, 6.07) is 14.5. The minimum Gasteiger partial charge on any atom is -0.348 e. The van der Waals surface area contributed by atoms with Crippen LogP contribution in [0.5, 0.6) is 0 Å². The zero-order chi connectivity index (χ0) is 64.8. The Hall–Kier alpha value is -2.17. The van der Waals surface area contributed by atoms with Gasteiger partial charge < -0.3 is 19.4 Å². The Morgan fingerprint density at radius 1 is 0.300 bits per heavy atom. The molecule has 3 heteroatoms. The van der Waals surface area contributed by atoms with Crippen LogP contribution in [0.15, 0.2) is 48.0 Å². The van der Waals surface area contributed by atoms with Crippen LogP contribution in [0.1, 0.15) is 454 Å². The van der Waals surface area contributed by atoms with Gasteiger partial charge in [0.1, 0.15) is 0 Å². The van der Waals surface area contributed by atoms with Crippen LogP contribution in [-0.2, 0) is 42.2 Å². The van der Waals surface area contributed by atoms with Crippen LogP contribution < -0.4 is 0 Å². The Bertz CT molecular complexity index is 1730. The van der Waals surface area contributed by atoms with E-state index in [1.807, 2.05) is 6.92 Å². The molecule has 0 aliphatic carbocycles. The van der Waals surface area contributed by atoms with Gasteiger partial charge in [-0.15, -0.1) is 4.79 Å². The number of allylic oxidation sites excluding steroid dienone is 2. The van der Waals surface area contributed by atoms with Gasteiger partial charge in [0.05, 0.1) is 5.57 Å². The van der Waals surface area contributed by atoms with Crippen molar-refractivity contribution in [2.75, 3.05) is 0 Å². The van der Waals surface area contributed by atoms with Crippen LogP contribution in [0.2, 0.25) is 0 Å². The van der Waals surface area contributed by atoms with E-state index in [1.165, 1.54) is 399 Å². The summed E-state index contributed by atoms with van der Waals surface area (Å²) in [7, 11) is 0. The van der Waals surface area contributed by atoms with Crippen LogP contribution in [0.4, 0.5) is 0 Å². The van der Waals surface area contributed by atoms with Gasteiger partial charge in [0.15, 0.2) is 0 Å². The predicted octanol–water partition coefficient (Wildman–Crippen LogP) is 30.5. The number of aryl methyl sites for hydroxylation is 4. The molecule has 0 unspecified atom stereocenters. The largest absolute Gasteiger partial charge is 2.00 e. The summed E-state index contributed by atoms with van der Waals surface area (Å²) in [5, 5.41) is 0. The van der Waals surface area contributed by atoms with Gasteiger partial charge in [0.2, 0.25) is 0 Å². The van der Waals surface area contributed by atoms with E-state index >= 15 is 0 Å². The van der Waals surface area contributed by atoms with Gasteiger partial charge in [-0.2, -0.15) is 12.8 Å². The molecule has 0 N–H and O–H groups in total. The van der Waals surface area contributed by atoms with E-state index < -0.39 is 0 Å². The average Bonchev–Trinajstić information content (AvgIpc) is 1.98. The Morgan fingerprint density at radius 3 is 0.689 bits per heavy atom. The van der Waals surface area contributed by atoms with Gasteiger partial charge in [-0.05, 0) is 103 Å². The molecule has 0 aromatic heterocycles. The first-order valence-electron chi connectivity index (χ1n) is 40.4. The smallest absolute Gasteiger partial charge is 0.348 e. The average molecular weight is 1290 g/mol. The maximum atomic E-state index is 9.21. The van der Waals surface area contributed by atoms with E-state index in [0.29, 0.717) is 0 Å². The van der Waals surface area contributed by atoms with Gasteiger partial charge in [-0.25, -0.2) is 0 Å². The number of hydrogen-bond acceptors (Lipinski definition) is 0. The molecule has 2 nitrogen and oxygen atoms in total. The van der Waals surface area contributed by atoms with E-state index in [9.17, 15) is 5.53 Å². The molecule has 2 aromatic carbocycles. The summed E-state index contributed by atoms with van der Waals surface area (Å²) in [4.78, 5) is 3.21. The molecule has 0 heterocycles. The number of rotatable bonds is 63. The predicted molar refractivity (Wildman–Crippen MR) is 405 cm³/mol. The van der Waals surface area contributed by atoms with Crippen molar-refractivity contribution in [3.05, 3.63) is 101 Å². The fourth-order valence-electron chi connectivity index (χ4n) is 12.9. The molecule has 0 radical (unpaired) electrons. The van der Waals surface area contributed by atoms with Gasteiger partial charge in [0, 0.05) is 0 Å². The molecule has 0 fully saturated rings. The molecule has 0 spiro atoms. The number of unbranched alkanes of at least 4 members (excludes halogenated alkanes) is 52. The molecule has 90 heavy (non-hydrogen) atoms. The molecule has 2 rings (SSSR count). The second kappa shape index (κ2) is 74.2. The summed E-state index contributed by atoms with van der Waals surface area (Å²) < 4.78 is 0. The minimum absolute atomic E-state index is 0. The summed E-state index contributed by atoms with van der Waals surface area (Å²) in [5.74, 6) is 2.76. The van der Waals surface area contributed by atoms with Crippen LogP contribution >= 0.6 is 0 Å². The fourth-order valence-corrected chi connectivity index (χ4v) is 12.9. The molecule has 0 amide bonds. The molecule has 0 aliphatic heterocycles. The Morgan fingerprint density at radius 2 is 0.489 bits per heavy atom. The molecular formula is C87H156N2Ni. The summed E-state index contributed by atoms with van der Waals surface area (Å²) in [6.07, 6.45) is 88.3. The van der Waals surface area contributed by atoms with E-state index in [2.05, 4.69) is 109 Å². The van der Waals surface area contributed by atoms with Crippen LogP contribution in [0.25, 0.3) is 11.1 Å². The number of nitrogens with zero attached hydrogens (tertiary/aromatic N) is 2. The number of hydrogen-bond donors (Lipinski definition) is 0. The van der Waals surface area contributed by atoms with E-state index in [-0.39, 0.29) is 16.5 Å². The van der Waals surface area contributed by atoms with E-state index in [4.69, 9.17) is 0 Å². The van der Waals surface area contributed by atoms with Crippen molar-refractivity contribution in [3.63, 3.8) is 0 Å². The third-order valence-electron chi connectivity index (χ3n) is 18.8. The quantitative estimate of drug-likeness (QED) is 0.0120. The second-order valence-corrected chi connectivity index (χ2v) is 27.9. The number of benzene rings is 2. The van der Waals surface area contributed by atoms with Gasteiger partial charge in [-0.1, -0.05) is 412 Å². The monoisotopic (exact) mass is 1290 g/mol. The van der Waals surface area contributed by atoms with Crippen molar-refractivity contribution in [2.24, 2.45) is 0 Å². The van der Waals surface area contributed by atoms with Crippen LogP contribution in [-0.4, -0.2) is 10.7 Å². The minimum atomic E-state index is 0. The first-order chi connectivity index (χ1) is 43.9. The maximum absolute atomic E-state index is 9.21. The summed E-state index contributed by atoms with van der Waals surface area (Å²) in [5.41, 5.74) is 19.6. The van der Waals surface area contributed by atoms with Gasteiger partial charge in [0.25, 0.3) is 0 Å². The zero-order valence-electron chi connectivity index (χ0n) is 62.0. The molecule has 0 bridgehead atoms. The molecule has 0 saturated heterocycles. The SMILES string of the molecule is CCCCCCc1cc(CCCCCC)cc(C(=CC(C)=C=[N+]=[N-])c2cc(CCCC)cc(CCCC)c2)c1.[CH2-]CCCCCCCCCCCCCCCCCCCCCCCC.[CH2-]CCCCCCCCCCCCCCCCCCCCCCCC.[Ni+2]. The first-order valence-corrected chi connectivity index (χ1v) is 40.4. The van der Waals surface area contributed by atoms with Crippen molar-refractivity contribution in [3.8, 4) is 0 Å².